The summed E-state index contributed by atoms with van der Waals surface area (Å²) in [6.45, 7) is 3.40. The molecule has 3 aromatic rings. The molecule has 0 aliphatic carbocycles. The molecule has 0 spiro atoms. The van der Waals surface area contributed by atoms with Crippen molar-refractivity contribution in [1.82, 2.24) is 29.4 Å². The van der Waals surface area contributed by atoms with Gasteiger partial charge >= 0.3 is 0 Å². The fraction of sp³-hybridized carbons (Fsp3) is 0.304. The van der Waals surface area contributed by atoms with Gasteiger partial charge in [-0.25, -0.2) is 14.5 Å². The molecule has 2 aliphatic rings. The van der Waals surface area contributed by atoms with Crippen molar-refractivity contribution < 1.29 is 9.59 Å². The highest BCUT2D eigenvalue weighted by Gasteiger charge is 2.30. The number of benzene rings is 1. The summed E-state index contributed by atoms with van der Waals surface area (Å²) in [7, 11) is 1.78. The number of fused-ring (bicyclic) bond motifs is 1. The van der Waals surface area contributed by atoms with E-state index in [1.54, 1.807) is 46.6 Å². The number of allylic oxidation sites excluding steroid dienone is 1. The zero-order chi connectivity index (χ0) is 22.9. The highest BCUT2D eigenvalue weighted by molar-refractivity contribution is 6.11. The minimum absolute atomic E-state index is 0.0150. The van der Waals surface area contributed by atoms with Gasteiger partial charge in [-0.3, -0.25) is 14.6 Å². The Labute approximate surface area is 190 Å². The maximum Gasteiger partial charge on any atom is 0.253 e. The van der Waals surface area contributed by atoms with E-state index in [1.165, 1.54) is 6.33 Å². The predicted molar refractivity (Wildman–Crippen MR) is 125 cm³/mol. The van der Waals surface area contributed by atoms with Crippen molar-refractivity contribution in [2.24, 2.45) is 4.99 Å². The third-order valence-corrected chi connectivity index (χ3v) is 6.14. The fourth-order valence-electron chi connectivity index (χ4n) is 4.14. The first-order valence-corrected chi connectivity index (χ1v) is 10.8. The normalized spacial score (nSPS) is 17.5. The van der Waals surface area contributed by atoms with Crippen molar-refractivity contribution in [3.63, 3.8) is 0 Å². The van der Waals surface area contributed by atoms with E-state index in [0.717, 1.165) is 23.4 Å². The Bertz CT molecular complexity index is 1280. The van der Waals surface area contributed by atoms with Crippen LogP contribution in [0.5, 0.6) is 0 Å². The van der Waals surface area contributed by atoms with Crippen LogP contribution in [0.15, 0.2) is 47.9 Å². The second kappa shape index (κ2) is 8.45. The maximum atomic E-state index is 12.9. The van der Waals surface area contributed by atoms with Crippen LogP contribution in [-0.2, 0) is 4.79 Å². The number of likely N-dealkylation sites (N-methyl/N-ethyl adjacent to an activating group) is 1. The van der Waals surface area contributed by atoms with Crippen LogP contribution in [0.1, 0.15) is 29.4 Å². The van der Waals surface area contributed by atoms with E-state index >= 15 is 0 Å². The van der Waals surface area contributed by atoms with Gasteiger partial charge in [-0.05, 0) is 30.7 Å². The van der Waals surface area contributed by atoms with Gasteiger partial charge in [0.15, 0.2) is 11.5 Å². The molecule has 10 heteroatoms. The number of likely N-dealkylation sites (tertiary alicyclic amines) is 1. The van der Waals surface area contributed by atoms with Gasteiger partial charge in [-0.2, -0.15) is 5.10 Å². The second-order valence-corrected chi connectivity index (χ2v) is 8.17. The fourth-order valence-corrected chi connectivity index (χ4v) is 4.14. The summed E-state index contributed by atoms with van der Waals surface area (Å²) in [6, 6.07) is 7.34. The monoisotopic (exact) mass is 444 g/mol. The molecule has 1 atom stereocenters. The Balaban J connectivity index is 1.30. The van der Waals surface area contributed by atoms with Crippen molar-refractivity contribution in [2.75, 3.05) is 32.0 Å². The zero-order valence-electron chi connectivity index (χ0n) is 18.5. The van der Waals surface area contributed by atoms with E-state index < -0.39 is 0 Å². The molecule has 10 nitrogen and oxygen atoms in total. The van der Waals surface area contributed by atoms with Crippen molar-refractivity contribution in [2.45, 2.75) is 19.4 Å². The summed E-state index contributed by atoms with van der Waals surface area (Å²) in [5, 5.41) is 7.59. The summed E-state index contributed by atoms with van der Waals surface area (Å²) in [5.74, 6) is 0.552. The summed E-state index contributed by atoms with van der Waals surface area (Å²) in [5.41, 5.74) is 3.79. The Kier molecular flexibility index (Phi) is 5.33. The number of aromatic nitrogens is 4. The Hall–Kier alpha value is -4.08. The maximum absolute atomic E-state index is 12.9. The lowest BCUT2D eigenvalue weighted by atomic mass is 10.2. The quantitative estimate of drug-likeness (QED) is 0.645. The average Bonchev–Trinajstić information content (AvgIpc) is 3.60. The summed E-state index contributed by atoms with van der Waals surface area (Å²) < 4.78 is 1.73. The van der Waals surface area contributed by atoms with E-state index in [9.17, 15) is 9.59 Å². The number of nitrogens with zero attached hydrogens (tertiary/aromatic N) is 7. The van der Waals surface area contributed by atoms with Crippen LogP contribution < -0.4 is 5.32 Å². The molecule has 1 saturated heterocycles. The highest BCUT2D eigenvalue weighted by atomic mass is 16.2. The number of anilines is 2. The number of hydrogen-bond acceptors (Lipinski definition) is 7. The van der Waals surface area contributed by atoms with Crippen LogP contribution in [-0.4, -0.2) is 80.1 Å². The first-order valence-electron chi connectivity index (χ1n) is 10.8. The number of amides is 2. The number of aliphatic imine (C=N–C) groups is 1. The van der Waals surface area contributed by atoms with Crippen molar-refractivity contribution >= 4 is 40.8 Å². The first-order chi connectivity index (χ1) is 16.0. The number of hydrogen-bond donors (Lipinski definition) is 1. The molecule has 2 aromatic heterocycles. The zero-order valence-corrected chi connectivity index (χ0v) is 18.5. The lowest BCUT2D eigenvalue weighted by Gasteiger charge is -2.23. The topological polar surface area (TPSA) is 108 Å². The molecule has 5 rings (SSSR count). The van der Waals surface area contributed by atoms with Crippen LogP contribution in [0.25, 0.3) is 11.2 Å². The van der Waals surface area contributed by atoms with Crippen molar-refractivity contribution in [3.05, 3.63) is 54.1 Å². The van der Waals surface area contributed by atoms with Gasteiger partial charge < -0.3 is 15.1 Å². The SMILES string of the molecule is CC(=O)N(C)C1CCN(C(=O)c2ccc(Nc3ncc(C4=CCN=C4)n4ncnc34)cc2)C1. The van der Waals surface area contributed by atoms with Gasteiger partial charge in [0.2, 0.25) is 5.91 Å². The molecule has 33 heavy (non-hydrogen) atoms. The number of carbonyl (C=O) groups is 2. The third kappa shape index (κ3) is 3.95. The molecule has 0 bridgehead atoms. The number of nitrogens with one attached hydrogen (secondary N) is 1. The van der Waals surface area contributed by atoms with Crippen LogP contribution in [0, 0.1) is 0 Å². The Morgan fingerprint density at radius 3 is 2.73 bits per heavy atom. The standard InChI is InChI=1S/C23H24N8O2/c1-15(32)29(2)19-8-10-30(13-19)23(33)16-3-5-18(6-4-16)28-21-22-26-14-27-31(22)20(12-25-21)17-7-9-24-11-17/h3-7,11-12,14,19H,8-10,13H2,1-2H3,(H,25,28). The number of rotatable bonds is 5. The van der Waals surface area contributed by atoms with E-state index in [2.05, 4.69) is 25.4 Å². The van der Waals surface area contributed by atoms with E-state index in [0.29, 0.717) is 36.7 Å². The average molecular weight is 444 g/mol. The van der Waals surface area contributed by atoms with Gasteiger partial charge in [0.1, 0.15) is 6.33 Å². The molecule has 0 radical (unpaired) electrons. The molecule has 1 N–H and O–H groups in total. The van der Waals surface area contributed by atoms with Gasteiger partial charge in [0.25, 0.3) is 5.91 Å². The molecule has 2 amide bonds. The molecule has 1 aromatic carbocycles. The summed E-state index contributed by atoms with van der Waals surface area (Å²) >= 11 is 0. The largest absolute Gasteiger partial charge is 0.341 e. The molecular weight excluding hydrogens is 420 g/mol. The van der Waals surface area contributed by atoms with Gasteiger partial charge in [0, 0.05) is 50.1 Å². The van der Waals surface area contributed by atoms with Gasteiger partial charge in [-0.15, -0.1) is 0 Å². The summed E-state index contributed by atoms with van der Waals surface area (Å²) in [6.07, 6.45) is 7.85. The second-order valence-electron chi connectivity index (χ2n) is 8.17. The van der Waals surface area contributed by atoms with Gasteiger partial charge in [0.05, 0.1) is 24.5 Å². The van der Waals surface area contributed by atoms with Crippen LogP contribution >= 0.6 is 0 Å². The smallest absolute Gasteiger partial charge is 0.253 e. The molecule has 168 valence electrons. The minimum atomic E-state index is -0.0326. The van der Waals surface area contributed by atoms with Gasteiger partial charge in [-0.1, -0.05) is 6.08 Å². The molecule has 4 heterocycles. The molecule has 1 unspecified atom stereocenters. The lowest BCUT2D eigenvalue weighted by Crippen LogP contribution is -2.38. The molecule has 1 fully saturated rings. The van der Waals surface area contributed by atoms with Crippen molar-refractivity contribution in [3.8, 4) is 0 Å². The van der Waals surface area contributed by atoms with E-state index in [4.69, 9.17) is 0 Å². The van der Waals surface area contributed by atoms with Crippen LogP contribution in [0.2, 0.25) is 0 Å². The molecule has 2 aliphatic heterocycles. The molecule has 0 saturated carbocycles. The Morgan fingerprint density at radius 2 is 2.00 bits per heavy atom. The first kappa shape index (κ1) is 20.8. The molecular formula is C23H24N8O2. The van der Waals surface area contributed by atoms with Crippen LogP contribution in [0.3, 0.4) is 0 Å². The summed E-state index contributed by atoms with van der Waals surface area (Å²) in [4.78, 5) is 41.1. The van der Waals surface area contributed by atoms with Crippen LogP contribution in [0.4, 0.5) is 11.5 Å². The van der Waals surface area contributed by atoms with Crippen molar-refractivity contribution in [1.29, 1.82) is 0 Å². The lowest BCUT2D eigenvalue weighted by molar-refractivity contribution is -0.129. The van der Waals surface area contributed by atoms with E-state index in [1.807, 2.05) is 24.4 Å². The minimum Gasteiger partial charge on any atom is -0.341 e. The predicted octanol–water partition coefficient (Wildman–Crippen LogP) is 2.03. The van der Waals surface area contributed by atoms with E-state index in [-0.39, 0.29) is 17.9 Å². The Morgan fingerprint density at radius 1 is 1.18 bits per heavy atom. The third-order valence-electron chi connectivity index (χ3n) is 6.14. The number of carbonyl (C=O) groups excluding carboxylic acids is 2. The highest BCUT2D eigenvalue weighted by Crippen LogP contribution is 2.24.